The first-order valence-corrected chi connectivity index (χ1v) is 9.61. The Balaban J connectivity index is 1.64. The van der Waals surface area contributed by atoms with Crippen molar-refractivity contribution in [2.24, 2.45) is 22.5 Å². The van der Waals surface area contributed by atoms with Crippen LogP contribution in [0.25, 0.3) is 0 Å². The van der Waals surface area contributed by atoms with Crippen molar-refractivity contribution in [1.29, 1.82) is 0 Å². The van der Waals surface area contributed by atoms with Crippen molar-refractivity contribution in [2.45, 2.75) is 33.6 Å². The zero-order chi connectivity index (χ0) is 18.5. The van der Waals surface area contributed by atoms with Crippen LogP contribution in [0.4, 0.5) is 11.8 Å². The summed E-state index contributed by atoms with van der Waals surface area (Å²) in [5, 5.41) is 0. The molecule has 0 bridgehead atoms. The number of anilines is 2. The molecule has 0 spiro atoms. The Labute approximate surface area is 154 Å². The van der Waals surface area contributed by atoms with E-state index in [-0.39, 0.29) is 11.3 Å². The largest absolute Gasteiger partial charge is 0.378 e. The highest BCUT2D eigenvalue weighted by Crippen LogP contribution is 2.62. The Kier molecular flexibility index (Phi) is 4.10. The van der Waals surface area contributed by atoms with Crippen LogP contribution in [0.3, 0.4) is 0 Å². The van der Waals surface area contributed by atoms with Crippen molar-refractivity contribution in [3.05, 3.63) is 11.8 Å². The Morgan fingerprint density at radius 1 is 1.31 bits per heavy atom. The van der Waals surface area contributed by atoms with Crippen molar-refractivity contribution in [2.75, 3.05) is 49.2 Å². The highest BCUT2D eigenvalue weighted by molar-refractivity contribution is 5.84. The summed E-state index contributed by atoms with van der Waals surface area (Å²) < 4.78 is 5.45. The van der Waals surface area contributed by atoms with Gasteiger partial charge in [-0.2, -0.15) is 4.98 Å². The smallest absolute Gasteiger partial charge is 0.227 e. The van der Waals surface area contributed by atoms with Gasteiger partial charge in [0.2, 0.25) is 11.9 Å². The van der Waals surface area contributed by atoms with Crippen molar-refractivity contribution < 1.29 is 9.53 Å². The second-order valence-electron chi connectivity index (χ2n) is 8.59. The van der Waals surface area contributed by atoms with Crippen molar-refractivity contribution in [3.8, 4) is 0 Å². The number of hydrogen-bond acceptors (Lipinski definition) is 6. The van der Waals surface area contributed by atoms with Gasteiger partial charge in [0.15, 0.2) is 0 Å². The fourth-order valence-electron chi connectivity index (χ4n) is 5.12. The number of aromatic nitrogens is 2. The van der Waals surface area contributed by atoms with Crippen LogP contribution < -0.4 is 15.5 Å². The fraction of sp³-hybridized carbons (Fsp3) is 0.737. The minimum Gasteiger partial charge on any atom is -0.378 e. The molecule has 26 heavy (non-hydrogen) atoms. The molecule has 2 N–H and O–H groups in total. The lowest BCUT2D eigenvalue weighted by Crippen LogP contribution is -2.59. The van der Waals surface area contributed by atoms with Gasteiger partial charge in [0.05, 0.1) is 18.6 Å². The average molecular weight is 359 g/mol. The zero-order valence-electron chi connectivity index (χ0n) is 16.0. The van der Waals surface area contributed by atoms with Crippen LogP contribution in [-0.2, 0) is 16.0 Å². The van der Waals surface area contributed by atoms with Crippen molar-refractivity contribution in [1.82, 2.24) is 9.97 Å². The van der Waals surface area contributed by atoms with Gasteiger partial charge in [0.1, 0.15) is 5.82 Å². The first kappa shape index (κ1) is 17.5. The van der Waals surface area contributed by atoms with Crippen LogP contribution in [0, 0.1) is 16.7 Å². The van der Waals surface area contributed by atoms with E-state index in [0.717, 1.165) is 49.9 Å². The molecule has 2 atom stereocenters. The molecule has 1 aromatic heterocycles. The molecule has 1 amide bonds. The molecule has 0 aromatic carbocycles. The van der Waals surface area contributed by atoms with Crippen LogP contribution in [0.2, 0.25) is 0 Å². The first-order chi connectivity index (χ1) is 12.4. The zero-order valence-corrected chi connectivity index (χ0v) is 16.0. The van der Waals surface area contributed by atoms with E-state index in [1.54, 1.807) is 0 Å². The van der Waals surface area contributed by atoms with Crippen LogP contribution >= 0.6 is 0 Å². The maximum atomic E-state index is 12.2. The lowest BCUT2D eigenvalue weighted by atomic mass is 9.48. The Hall–Kier alpha value is -1.89. The molecule has 4 rings (SSSR count). The summed E-state index contributed by atoms with van der Waals surface area (Å²) in [6.07, 6.45) is 1.72. The molecule has 2 saturated heterocycles. The summed E-state index contributed by atoms with van der Waals surface area (Å²) in [6, 6.07) is 2.07. The average Bonchev–Trinajstić information content (AvgIpc) is 2.98. The van der Waals surface area contributed by atoms with E-state index >= 15 is 0 Å². The van der Waals surface area contributed by atoms with E-state index in [2.05, 4.69) is 36.6 Å². The summed E-state index contributed by atoms with van der Waals surface area (Å²) >= 11 is 0. The second-order valence-corrected chi connectivity index (χ2v) is 8.59. The van der Waals surface area contributed by atoms with Gasteiger partial charge in [-0.05, 0) is 24.2 Å². The van der Waals surface area contributed by atoms with E-state index in [4.69, 9.17) is 20.4 Å². The predicted octanol–water partition coefficient (Wildman–Crippen LogP) is 1.21. The maximum Gasteiger partial charge on any atom is 0.227 e. The van der Waals surface area contributed by atoms with Crippen LogP contribution in [0.1, 0.15) is 32.9 Å². The lowest BCUT2D eigenvalue weighted by Gasteiger charge is -2.54. The van der Waals surface area contributed by atoms with E-state index < -0.39 is 5.41 Å². The highest BCUT2D eigenvalue weighted by atomic mass is 16.5. The highest BCUT2D eigenvalue weighted by Gasteiger charge is 2.66. The van der Waals surface area contributed by atoms with Gasteiger partial charge in [-0.3, -0.25) is 4.79 Å². The number of carbonyl (C=O) groups is 1. The Bertz CT molecular complexity index is 716. The molecule has 3 fully saturated rings. The normalized spacial score (nSPS) is 30.0. The number of ether oxygens (including phenoxy) is 1. The molecule has 7 heteroatoms. The number of nitrogens with zero attached hydrogens (tertiary/aromatic N) is 4. The van der Waals surface area contributed by atoms with E-state index in [1.807, 2.05) is 0 Å². The van der Waals surface area contributed by atoms with Gasteiger partial charge in [-0.15, -0.1) is 0 Å². The molecule has 0 radical (unpaired) electrons. The molecule has 1 aromatic rings. The Morgan fingerprint density at radius 3 is 2.62 bits per heavy atom. The molecule has 3 heterocycles. The lowest BCUT2D eigenvalue weighted by molar-refractivity contribution is -0.148. The number of primary amides is 1. The number of morpholine rings is 1. The standard InChI is InChI=1S/C19H29N5O2/c1-4-13-9-15(22-17(21-13)23-5-7-26-8-6-23)24-10-14-18(2,3)11-19(14,12-24)16(20)25/h9,14H,4-8,10-12H2,1-3H3,(H2,20,25)/t14-,19+/m1/s1. The van der Waals surface area contributed by atoms with Gasteiger partial charge in [-0.25, -0.2) is 4.98 Å². The van der Waals surface area contributed by atoms with Gasteiger partial charge in [0.25, 0.3) is 0 Å². The third-order valence-electron chi connectivity index (χ3n) is 6.48. The molecule has 0 unspecified atom stereocenters. The first-order valence-electron chi connectivity index (χ1n) is 9.61. The third-order valence-corrected chi connectivity index (χ3v) is 6.48. The minimum atomic E-state index is -0.403. The summed E-state index contributed by atoms with van der Waals surface area (Å²) in [5.41, 5.74) is 6.60. The Morgan fingerprint density at radius 2 is 2.04 bits per heavy atom. The van der Waals surface area contributed by atoms with Gasteiger partial charge in [0, 0.05) is 37.9 Å². The van der Waals surface area contributed by atoms with Crippen LogP contribution in [0.5, 0.6) is 0 Å². The topological polar surface area (TPSA) is 84.6 Å². The molecular weight excluding hydrogens is 330 g/mol. The predicted molar refractivity (Wildman–Crippen MR) is 100 cm³/mol. The van der Waals surface area contributed by atoms with Crippen molar-refractivity contribution >= 4 is 17.7 Å². The van der Waals surface area contributed by atoms with E-state index in [9.17, 15) is 4.79 Å². The SMILES string of the molecule is CCc1cc(N2C[C@@H]3C(C)(C)C[C@]3(C(N)=O)C2)nc(N2CCOCC2)n1. The molecule has 1 saturated carbocycles. The number of carbonyl (C=O) groups excluding carboxylic acids is 1. The monoisotopic (exact) mass is 359 g/mol. The second kappa shape index (κ2) is 6.08. The van der Waals surface area contributed by atoms with Gasteiger partial charge >= 0.3 is 0 Å². The number of nitrogens with two attached hydrogens (primary N) is 1. The minimum absolute atomic E-state index is 0.150. The van der Waals surface area contributed by atoms with Crippen molar-refractivity contribution in [3.63, 3.8) is 0 Å². The van der Waals surface area contributed by atoms with Gasteiger partial charge < -0.3 is 20.3 Å². The molecule has 1 aliphatic carbocycles. The molecule has 7 nitrogen and oxygen atoms in total. The van der Waals surface area contributed by atoms with E-state index in [0.29, 0.717) is 25.7 Å². The third kappa shape index (κ3) is 2.64. The fourth-order valence-corrected chi connectivity index (χ4v) is 5.12. The van der Waals surface area contributed by atoms with Gasteiger partial charge in [-0.1, -0.05) is 20.8 Å². The van der Waals surface area contributed by atoms with E-state index in [1.165, 1.54) is 0 Å². The van der Waals surface area contributed by atoms with Crippen LogP contribution in [-0.4, -0.2) is 55.3 Å². The number of hydrogen-bond donors (Lipinski definition) is 1. The number of rotatable bonds is 4. The quantitative estimate of drug-likeness (QED) is 0.870. The summed E-state index contributed by atoms with van der Waals surface area (Å²) in [5.74, 6) is 1.82. The molecular formula is C19H29N5O2. The number of aryl methyl sites for hydroxylation is 1. The molecule has 142 valence electrons. The van der Waals surface area contributed by atoms with Crippen LogP contribution in [0.15, 0.2) is 6.07 Å². The summed E-state index contributed by atoms with van der Waals surface area (Å²) in [4.78, 5) is 26.2. The maximum absolute atomic E-state index is 12.2. The number of fused-ring (bicyclic) bond motifs is 1. The summed E-state index contributed by atoms with van der Waals surface area (Å²) in [7, 11) is 0. The summed E-state index contributed by atoms with van der Waals surface area (Å²) in [6.45, 7) is 11.1. The molecule has 3 aliphatic rings. The molecule has 2 aliphatic heterocycles. The number of amides is 1.